The van der Waals surface area contributed by atoms with Crippen molar-refractivity contribution in [2.24, 2.45) is 5.92 Å². The second-order valence-electron chi connectivity index (χ2n) is 5.13. The van der Waals surface area contributed by atoms with Gasteiger partial charge in [0.15, 0.2) is 11.7 Å². The van der Waals surface area contributed by atoms with Crippen LogP contribution in [0, 0.1) is 29.6 Å². The minimum atomic E-state index is -1.30. The van der Waals surface area contributed by atoms with Crippen molar-refractivity contribution in [2.75, 3.05) is 6.54 Å². The standard InChI is InChI=1S/C19H16N2O2/c1-2-11-21-19(23)17(13-20)18(22)10-8-14-7-9-15-5-3-4-6-16(15)12-14/h1,3-7,9,12,17H,8,10-11H2,(H,21,23)/t17-/m1/s1. The molecule has 1 atom stereocenters. The summed E-state index contributed by atoms with van der Waals surface area (Å²) in [6.07, 6.45) is 5.67. The van der Waals surface area contributed by atoms with Gasteiger partial charge < -0.3 is 5.32 Å². The van der Waals surface area contributed by atoms with Gasteiger partial charge in [0, 0.05) is 6.42 Å². The van der Waals surface area contributed by atoms with Crippen LogP contribution in [0.5, 0.6) is 0 Å². The maximum Gasteiger partial charge on any atom is 0.245 e. The fraction of sp³-hybridized carbons (Fsp3) is 0.211. The van der Waals surface area contributed by atoms with Crippen molar-refractivity contribution in [3.05, 3.63) is 48.0 Å². The molecule has 0 aliphatic heterocycles. The van der Waals surface area contributed by atoms with E-state index in [9.17, 15) is 9.59 Å². The van der Waals surface area contributed by atoms with Gasteiger partial charge in [-0.25, -0.2) is 0 Å². The van der Waals surface area contributed by atoms with Gasteiger partial charge in [-0.3, -0.25) is 9.59 Å². The quantitative estimate of drug-likeness (QED) is 0.657. The average molecular weight is 304 g/mol. The molecule has 2 aromatic carbocycles. The summed E-state index contributed by atoms with van der Waals surface area (Å²) in [6.45, 7) is 0.00890. The summed E-state index contributed by atoms with van der Waals surface area (Å²) in [7, 11) is 0. The smallest absolute Gasteiger partial charge is 0.245 e. The molecule has 2 aromatic rings. The number of Topliss-reactive ketones (excluding diaryl/α,β-unsaturated/α-hetero) is 1. The molecule has 0 saturated heterocycles. The lowest BCUT2D eigenvalue weighted by molar-refractivity contribution is -0.131. The number of aryl methyl sites for hydroxylation is 1. The van der Waals surface area contributed by atoms with Crippen LogP contribution in [0.3, 0.4) is 0 Å². The van der Waals surface area contributed by atoms with Gasteiger partial charge in [-0.2, -0.15) is 5.26 Å². The van der Waals surface area contributed by atoms with E-state index in [-0.39, 0.29) is 13.0 Å². The number of carbonyl (C=O) groups is 2. The molecule has 0 saturated carbocycles. The molecule has 4 heteroatoms. The third-order valence-corrected chi connectivity index (χ3v) is 3.55. The minimum Gasteiger partial charge on any atom is -0.344 e. The van der Waals surface area contributed by atoms with Crippen molar-refractivity contribution in [1.82, 2.24) is 5.32 Å². The molecule has 23 heavy (non-hydrogen) atoms. The summed E-state index contributed by atoms with van der Waals surface area (Å²) >= 11 is 0. The largest absolute Gasteiger partial charge is 0.344 e. The molecule has 0 heterocycles. The number of hydrogen-bond donors (Lipinski definition) is 1. The maximum atomic E-state index is 12.1. The fourth-order valence-electron chi connectivity index (χ4n) is 2.32. The van der Waals surface area contributed by atoms with Crippen LogP contribution in [0.15, 0.2) is 42.5 Å². The predicted molar refractivity (Wildman–Crippen MR) is 88.2 cm³/mol. The Labute approximate surface area is 135 Å². The van der Waals surface area contributed by atoms with Crippen LogP contribution in [0.1, 0.15) is 12.0 Å². The van der Waals surface area contributed by atoms with E-state index >= 15 is 0 Å². The molecular weight excluding hydrogens is 288 g/mol. The van der Waals surface area contributed by atoms with Crippen LogP contribution >= 0.6 is 0 Å². The highest BCUT2D eigenvalue weighted by molar-refractivity contribution is 6.04. The van der Waals surface area contributed by atoms with Crippen LogP contribution in [-0.4, -0.2) is 18.2 Å². The Bertz CT molecular complexity index is 812. The van der Waals surface area contributed by atoms with Crippen molar-refractivity contribution in [3.63, 3.8) is 0 Å². The van der Waals surface area contributed by atoms with Gasteiger partial charge in [0.1, 0.15) is 0 Å². The summed E-state index contributed by atoms with van der Waals surface area (Å²) in [5, 5.41) is 13.6. The predicted octanol–water partition coefficient (Wildman–Crippen LogP) is 2.23. The molecule has 4 nitrogen and oxygen atoms in total. The normalized spacial score (nSPS) is 11.2. The van der Waals surface area contributed by atoms with E-state index in [0.29, 0.717) is 6.42 Å². The molecule has 0 fully saturated rings. The summed E-state index contributed by atoms with van der Waals surface area (Å²) in [5.41, 5.74) is 0.998. The van der Waals surface area contributed by atoms with E-state index in [2.05, 4.69) is 11.2 Å². The van der Waals surface area contributed by atoms with Gasteiger partial charge in [-0.1, -0.05) is 48.4 Å². The number of terminal acetylenes is 1. The van der Waals surface area contributed by atoms with Crippen molar-refractivity contribution >= 4 is 22.5 Å². The Morgan fingerprint density at radius 3 is 2.61 bits per heavy atom. The zero-order valence-electron chi connectivity index (χ0n) is 12.6. The number of benzene rings is 2. The molecule has 0 aliphatic rings. The number of nitriles is 1. The Balaban J connectivity index is 2.00. The maximum absolute atomic E-state index is 12.1. The molecule has 0 aromatic heterocycles. The van der Waals surface area contributed by atoms with E-state index in [1.807, 2.05) is 42.5 Å². The first-order valence-electron chi connectivity index (χ1n) is 7.27. The minimum absolute atomic E-state index is 0.00890. The number of ketones is 1. The number of fused-ring (bicyclic) bond motifs is 1. The molecule has 114 valence electrons. The molecule has 1 amide bonds. The number of amides is 1. The van der Waals surface area contributed by atoms with E-state index in [1.165, 1.54) is 0 Å². The topological polar surface area (TPSA) is 70.0 Å². The van der Waals surface area contributed by atoms with E-state index in [1.54, 1.807) is 6.07 Å². The highest BCUT2D eigenvalue weighted by atomic mass is 16.2. The van der Waals surface area contributed by atoms with Gasteiger partial charge in [0.2, 0.25) is 5.91 Å². The zero-order valence-corrected chi connectivity index (χ0v) is 12.6. The Morgan fingerprint density at radius 2 is 1.91 bits per heavy atom. The van der Waals surface area contributed by atoms with Crippen LogP contribution in [0.4, 0.5) is 0 Å². The molecule has 0 radical (unpaired) electrons. The molecule has 0 unspecified atom stereocenters. The lowest BCUT2D eigenvalue weighted by atomic mass is 9.97. The number of nitrogens with zero attached hydrogens (tertiary/aromatic N) is 1. The molecular formula is C19H16N2O2. The van der Waals surface area contributed by atoms with Gasteiger partial charge in [-0.15, -0.1) is 6.42 Å². The van der Waals surface area contributed by atoms with E-state index in [4.69, 9.17) is 11.7 Å². The van der Waals surface area contributed by atoms with Gasteiger partial charge >= 0.3 is 0 Å². The highest BCUT2D eigenvalue weighted by Gasteiger charge is 2.25. The van der Waals surface area contributed by atoms with E-state index in [0.717, 1.165) is 16.3 Å². The lowest BCUT2D eigenvalue weighted by Gasteiger charge is -2.08. The van der Waals surface area contributed by atoms with E-state index < -0.39 is 17.6 Å². The van der Waals surface area contributed by atoms with Gasteiger partial charge in [0.25, 0.3) is 0 Å². The summed E-state index contributed by atoms with van der Waals surface area (Å²) in [5.74, 6) is -0.0873. The first-order chi connectivity index (χ1) is 11.2. The Hall–Kier alpha value is -3.11. The summed E-state index contributed by atoms with van der Waals surface area (Å²) in [6, 6.07) is 15.7. The summed E-state index contributed by atoms with van der Waals surface area (Å²) < 4.78 is 0. The van der Waals surface area contributed by atoms with Gasteiger partial charge in [-0.05, 0) is 22.8 Å². The monoisotopic (exact) mass is 304 g/mol. The molecule has 1 N–H and O–H groups in total. The third kappa shape index (κ3) is 4.18. The zero-order chi connectivity index (χ0) is 16.7. The molecule has 0 aliphatic carbocycles. The molecule has 0 bridgehead atoms. The molecule has 0 spiro atoms. The average Bonchev–Trinajstić information content (AvgIpc) is 2.58. The van der Waals surface area contributed by atoms with Crippen molar-refractivity contribution in [1.29, 1.82) is 5.26 Å². The van der Waals surface area contributed by atoms with Crippen LogP contribution < -0.4 is 5.32 Å². The number of nitrogens with one attached hydrogen (secondary N) is 1. The van der Waals surface area contributed by atoms with Crippen LogP contribution in [-0.2, 0) is 16.0 Å². The number of rotatable bonds is 6. The number of carbonyl (C=O) groups excluding carboxylic acids is 2. The van der Waals surface area contributed by atoms with Crippen molar-refractivity contribution in [2.45, 2.75) is 12.8 Å². The Kier molecular flexibility index (Phi) is 5.50. The number of hydrogen-bond acceptors (Lipinski definition) is 3. The first kappa shape index (κ1) is 16.3. The van der Waals surface area contributed by atoms with Crippen molar-refractivity contribution < 1.29 is 9.59 Å². The van der Waals surface area contributed by atoms with Crippen LogP contribution in [0.25, 0.3) is 10.8 Å². The summed E-state index contributed by atoms with van der Waals surface area (Å²) in [4.78, 5) is 23.8. The second-order valence-corrected chi connectivity index (χ2v) is 5.13. The first-order valence-corrected chi connectivity index (χ1v) is 7.27. The molecule has 2 rings (SSSR count). The van der Waals surface area contributed by atoms with Gasteiger partial charge in [0.05, 0.1) is 12.6 Å². The van der Waals surface area contributed by atoms with Crippen molar-refractivity contribution in [3.8, 4) is 18.4 Å². The lowest BCUT2D eigenvalue weighted by Crippen LogP contribution is -2.34. The second kappa shape index (κ2) is 7.77. The highest BCUT2D eigenvalue weighted by Crippen LogP contribution is 2.17. The fourth-order valence-corrected chi connectivity index (χ4v) is 2.32. The Morgan fingerprint density at radius 1 is 1.17 bits per heavy atom. The third-order valence-electron chi connectivity index (χ3n) is 3.55. The SMILES string of the molecule is C#CCNC(=O)[C@H](C#N)C(=O)CCc1ccc2ccccc2c1. The van der Waals surface area contributed by atoms with Crippen LogP contribution in [0.2, 0.25) is 0 Å².